The fourth-order valence-corrected chi connectivity index (χ4v) is 5.50. The van der Waals surface area contributed by atoms with E-state index in [1.54, 1.807) is 5.57 Å². The molecule has 122 valence electrons. The summed E-state index contributed by atoms with van der Waals surface area (Å²) in [4.78, 5) is 13.1. The molecule has 3 aliphatic rings. The number of benzene rings is 2. The predicted octanol–water partition coefficient (Wildman–Crippen LogP) is 5.36. The second-order valence-corrected chi connectivity index (χ2v) is 8.45. The zero-order chi connectivity index (χ0) is 16.5. The van der Waals surface area contributed by atoms with Crippen LogP contribution in [0.4, 0.5) is 0 Å². The van der Waals surface area contributed by atoms with E-state index in [9.17, 15) is 4.79 Å². The van der Waals surface area contributed by atoms with E-state index in [0.29, 0.717) is 24.0 Å². The second kappa shape index (κ2) is 4.81. The van der Waals surface area contributed by atoms with Crippen LogP contribution in [0.15, 0.2) is 42.0 Å². The van der Waals surface area contributed by atoms with Crippen LogP contribution >= 0.6 is 0 Å². The maximum Gasteiger partial charge on any atom is 0.144 e. The zero-order valence-electron chi connectivity index (χ0n) is 14.6. The largest absolute Gasteiger partial charge is 0.299 e. The minimum atomic E-state index is -0.0690. The third kappa shape index (κ3) is 1.84. The standard InChI is InChI=1S/C23H24O/c1-14(2)20-5-3-4-16-9-18-13-23(12-15-6-7-19(23)8-15)22(24)11-17(18)10-21(16)20/h3-6,9-10,14,19H,7-8,11-13H2,1-2H3. The minimum absolute atomic E-state index is 0.0690. The molecule has 0 aliphatic heterocycles. The third-order valence-corrected chi connectivity index (χ3v) is 6.79. The SMILES string of the molecule is CC(C)c1cccc2cc3c(cc12)CC(=O)C1(CC2=CCC1C2)C3. The van der Waals surface area contributed by atoms with Crippen molar-refractivity contribution in [3.8, 4) is 0 Å². The van der Waals surface area contributed by atoms with Gasteiger partial charge in [0.1, 0.15) is 5.78 Å². The fourth-order valence-electron chi connectivity index (χ4n) is 5.50. The van der Waals surface area contributed by atoms with E-state index in [-0.39, 0.29) is 5.41 Å². The van der Waals surface area contributed by atoms with Gasteiger partial charge in [-0.15, -0.1) is 0 Å². The maximum atomic E-state index is 13.1. The number of carbonyl (C=O) groups is 1. The van der Waals surface area contributed by atoms with Gasteiger partial charge in [-0.2, -0.15) is 0 Å². The van der Waals surface area contributed by atoms with Crippen LogP contribution in [-0.4, -0.2) is 5.78 Å². The van der Waals surface area contributed by atoms with Crippen LogP contribution in [-0.2, 0) is 17.6 Å². The van der Waals surface area contributed by atoms with E-state index in [1.807, 2.05) is 0 Å². The highest BCUT2D eigenvalue weighted by Gasteiger charge is 2.53. The van der Waals surface area contributed by atoms with E-state index in [4.69, 9.17) is 0 Å². The summed E-state index contributed by atoms with van der Waals surface area (Å²) in [5.74, 6) is 1.59. The van der Waals surface area contributed by atoms with Crippen molar-refractivity contribution in [3.05, 3.63) is 58.7 Å². The van der Waals surface area contributed by atoms with Crippen molar-refractivity contribution in [2.24, 2.45) is 11.3 Å². The van der Waals surface area contributed by atoms with Gasteiger partial charge in [-0.3, -0.25) is 4.79 Å². The predicted molar refractivity (Wildman–Crippen MR) is 98.3 cm³/mol. The highest BCUT2D eigenvalue weighted by molar-refractivity contribution is 5.94. The Kier molecular flexibility index (Phi) is 2.90. The zero-order valence-corrected chi connectivity index (χ0v) is 14.6. The molecule has 1 heteroatoms. The monoisotopic (exact) mass is 316 g/mol. The molecule has 3 aliphatic carbocycles. The average Bonchev–Trinajstić information content (AvgIpc) is 3.15. The van der Waals surface area contributed by atoms with Crippen LogP contribution in [0.25, 0.3) is 10.8 Å². The molecule has 0 radical (unpaired) electrons. The quantitative estimate of drug-likeness (QED) is 0.647. The molecule has 1 saturated carbocycles. The molecule has 1 fully saturated rings. The van der Waals surface area contributed by atoms with Crippen molar-refractivity contribution in [1.29, 1.82) is 0 Å². The first-order chi connectivity index (χ1) is 11.6. The Morgan fingerprint density at radius 2 is 2.00 bits per heavy atom. The number of hydrogen-bond donors (Lipinski definition) is 0. The lowest BCUT2D eigenvalue weighted by atomic mass is 9.63. The number of fused-ring (bicyclic) bond motifs is 5. The Morgan fingerprint density at radius 1 is 1.12 bits per heavy atom. The van der Waals surface area contributed by atoms with Crippen LogP contribution < -0.4 is 0 Å². The number of ketones is 1. The third-order valence-electron chi connectivity index (χ3n) is 6.79. The van der Waals surface area contributed by atoms with Crippen LogP contribution in [0.5, 0.6) is 0 Å². The molecule has 2 bridgehead atoms. The second-order valence-electron chi connectivity index (χ2n) is 8.45. The molecule has 0 saturated heterocycles. The van der Waals surface area contributed by atoms with Crippen molar-refractivity contribution in [2.45, 2.75) is 51.9 Å². The maximum absolute atomic E-state index is 13.1. The molecule has 0 heterocycles. The van der Waals surface area contributed by atoms with Gasteiger partial charge >= 0.3 is 0 Å². The Hall–Kier alpha value is -1.89. The molecule has 0 amide bonds. The summed E-state index contributed by atoms with van der Waals surface area (Å²) < 4.78 is 0. The highest BCUT2D eigenvalue weighted by Crippen LogP contribution is 2.57. The van der Waals surface area contributed by atoms with Crippen LogP contribution in [0.1, 0.15) is 55.7 Å². The molecule has 2 aromatic rings. The molecule has 0 N–H and O–H groups in total. The van der Waals surface area contributed by atoms with Crippen molar-refractivity contribution in [3.63, 3.8) is 0 Å². The lowest BCUT2D eigenvalue weighted by molar-refractivity contribution is -0.131. The Morgan fingerprint density at radius 3 is 2.71 bits per heavy atom. The summed E-state index contributed by atoms with van der Waals surface area (Å²) in [6.07, 6.45) is 7.31. The normalized spacial score (nSPS) is 28.0. The van der Waals surface area contributed by atoms with Gasteiger partial charge in [0.2, 0.25) is 0 Å². The Labute approximate surface area is 143 Å². The highest BCUT2D eigenvalue weighted by atomic mass is 16.1. The fraction of sp³-hybridized carbons (Fsp3) is 0.435. The lowest BCUT2D eigenvalue weighted by Crippen LogP contribution is -2.42. The molecular weight excluding hydrogens is 292 g/mol. The summed E-state index contributed by atoms with van der Waals surface area (Å²) >= 11 is 0. The number of allylic oxidation sites excluding steroid dienone is 2. The van der Waals surface area contributed by atoms with E-state index in [2.05, 4.69) is 50.3 Å². The van der Waals surface area contributed by atoms with Gasteiger partial charge in [0.25, 0.3) is 0 Å². The van der Waals surface area contributed by atoms with Crippen molar-refractivity contribution < 1.29 is 4.79 Å². The van der Waals surface area contributed by atoms with Gasteiger partial charge in [0.05, 0.1) is 0 Å². The van der Waals surface area contributed by atoms with E-state index in [1.165, 1.54) is 33.9 Å². The number of carbonyl (C=O) groups excluding carboxylic acids is 1. The number of hydrogen-bond acceptors (Lipinski definition) is 1. The first kappa shape index (κ1) is 14.5. The summed E-state index contributed by atoms with van der Waals surface area (Å²) in [7, 11) is 0. The smallest absolute Gasteiger partial charge is 0.144 e. The molecule has 2 aromatic carbocycles. The summed E-state index contributed by atoms with van der Waals surface area (Å²) in [5.41, 5.74) is 5.58. The van der Waals surface area contributed by atoms with Gasteiger partial charge in [0, 0.05) is 11.8 Å². The van der Waals surface area contributed by atoms with Crippen LogP contribution in [0.2, 0.25) is 0 Å². The molecule has 2 unspecified atom stereocenters. The minimum Gasteiger partial charge on any atom is -0.299 e. The molecule has 1 nitrogen and oxygen atoms in total. The number of rotatable bonds is 1. The van der Waals surface area contributed by atoms with E-state index in [0.717, 1.165) is 19.3 Å². The topological polar surface area (TPSA) is 17.1 Å². The van der Waals surface area contributed by atoms with Gasteiger partial charge in [-0.25, -0.2) is 0 Å². The average molecular weight is 316 g/mol. The first-order valence-corrected chi connectivity index (χ1v) is 9.32. The molecule has 0 aromatic heterocycles. The molecule has 5 rings (SSSR count). The van der Waals surface area contributed by atoms with Gasteiger partial charge < -0.3 is 0 Å². The summed E-state index contributed by atoms with van der Waals surface area (Å²) in [5, 5.41) is 2.68. The molecule has 2 atom stereocenters. The van der Waals surface area contributed by atoms with Crippen molar-refractivity contribution >= 4 is 16.6 Å². The van der Waals surface area contributed by atoms with Gasteiger partial charge in [-0.1, -0.05) is 55.8 Å². The Bertz CT molecular complexity index is 902. The van der Waals surface area contributed by atoms with Crippen LogP contribution in [0, 0.1) is 11.3 Å². The van der Waals surface area contributed by atoms with Crippen molar-refractivity contribution in [1.82, 2.24) is 0 Å². The lowest BCUT2D eigenvalue weighted by Gasteiger charge is -2.39. The number of Topliss-reactive ketones (excluding diaryl/α,β-unsaturated/α-hetero) is 1. The van der Waals surface area contributed by atoms with Gasteiger partial charge in [-0.05, 0) is 65.0 Å². The molecule has 24 heavy (non-hydrogen) atoms. The molecule has 1 spiro atoms. The van der Waals surface area contributed by atoms with Gasteiger partial charge in [0.15, 0.2) is 0 Å². The van der Waals surface area contributed by atoms with Crippen molar-refractivity contribution in [2.75, 3.05) is 0 Å². The van der Waals surface area contributed by atoms with Crippen LogP contribution in [0.3, 0.4) is 0 Å². The Balaban J connectivity index is 1.65. The first-order valence-electron chi connectivity index (χ1n) is 9.32. The summed E-state index contributed by atoms with van der Waals surface area (Å²) in [6, 6.07) is 11.3. The molecular formula is C23H24O. The summed E-state index contributed by atoms with van der Waals surface area (Å²) in [6.45, 7) is 4.49. The van der Waals surface area contributed by atoms with E-state index < -0.39 is 0 Å². The van der Waals surface area contributed by atoms with E-state index >= 15 is 0 Å².